The SMILES string of the molecule is CCCCCCCCCCCCCCCCCCCCCCCCC(=O)OC(CCCCCC)CCCCCC(=O)NCC(=O)O. The highest BCUT2D eigenvalue weighted by Gasteiger charge is 2.14. The van der Waals surface area contributed by atoms with Gasteiger partial charge in [0.05, 0.1) is 0 Å². The third kappa shape index (κ3) is 35.3. The van der Waals surface area contributed by atoms with E-state index < -0.39 is 5.97 Å². The van der Waals surface area contributed by atoms with Gasteiger partial charge in [-0.2, -0.15) is 0 Å². The normalized spacial score (nSPS) is 11.9. The Bertz CT molecular complexity index is 683. The molecule has 6 nitrogen and oxygen atoms in total. The van der Waals surface area contributed by atoms with Crippen LogP contribution in [-0.4, -0.2) is 35.6 Å². The molecule has 0 aromatic rings. The van der Waals surface area contributed by atoms with E-state index in [4.69, 9.17) is 9.84 Å². The quantitative estimate of drug-likeness (QED) is 0.0515. The van der Waals surface area contributed by atoms with Crippen LogP contribution < -0.4 is 5.32 Å². The van der Waals surface area contributed by atoms with Crippen molar-refractivity contribution < 1.29 is 24.2 Å². The molecule has 0 fully saturated rings. The van der Waals surface area contributed by atoms with Gasteiger partial charge in [0.25, 0.3) is 0 Å². The zero-order valence-electron chi connectivity index (χ0n) is 30.7. The monoisotopic (exact) mass is 652 g/mol. The molecule has 0 aromatic heterocycles. The smallest absolute Gasteiger partial charge is 0.322 e. The molecule has 0 saturated carbocycles. The molecule has 0 heterocycles. The van der Waals surface area contributed by atoms with Gasteiger partial charge in [-0.1, -0.05) is 174 Å². The van der Waals surface area contributed by atoms with Crippen LogP contribution in [0.2, 0.25) is 0 Å². The minimum absolute atomic E-state index is 0.0232. The van der Waals surface area contributed by atoms with Crippen molar-refractivity contribution in [3.63, 3.8) is 0 Å². The first kappa shape index (κ1) is 44.4. The van der Waals surface area contributed by atoms with Crippen LogP contribution in [0, 0.1) is 0 Å². The first-order valence-electron chi connectivity index (χ1n) is 20.2. The number of ether oxygens (including phenoxy) is 1. The third-order valence-corrected chi connectivity index (χ3v) is 9.28. The van der Waals surface area contributed by atoms with Gasteiger partial charge in [0.2, 0.25) is 5.91 Å². The number of rotatable bonds is 37. The Kier molecular flexibility index (Phi) is 35.0. The van der Waals surface area contributed by atoms with Gasteiger partial charge in [-0.25, -0.2) is 0 Å². The average Bonchev–Trinajstić information content (AvgIpc) is 3.04. The molecular weight excluding hydrogens is 574 g/mol. The van der Waals surface area contributed by atoms with E-state index in [9.17, 15) is 14.4 Å². The minimum Gasteiger partial charge on any atom is -0.480 e. The van der Waals surface area contributed by atoms with E-state index in [2.05, 4.69) is 19.2 Å². The number of esters is 1. The second kappa shape index (κ2) is 36.2. The van der Waals surface area contributed by atoms with E-state index in [1.165, 1.54) is 148 Å². The third-order valence-electron chi connectivity index (χ3n) is 9.28. The fraction of sp³-hybridized carbons (Fsp3) is 0.925. The maximum Gasteiger partial charge on any atom is 0.322 e. The zero-order chi connectivity index (χ0) is 33.8. The van der Waals surface area contributed by atoms with Crippen molar-refractivity contribution in [2.45, 2.75) is 232 Å². The number of amides is 1. The highest BCUT2D eigenvalue weighted by molar-refractivity contribution is 5.80. The first-order chi connectivity index (χ1) is 22.5. The number of hydrogen-bond acceptors (Lipinski definition) is 4. The molecule has 1 unspecified atom stereocenters. The molecular formula is C40H77NO5. The zero-order valence-corrected chi connectivity index (χ0v) is 30.7. The van der Waals surface area contributed by atoms with Gasteiger partial charge in [0, 0.05) is 12.8 Å². The van der Waals surface area contributed by atoms with Crippen molar-refractivity contribution in [1.82, 2.24) is 5.32 Å². The molecule has 6 heteroatoms. The molecule has 1 amide bonds. The minimum atomic E-state index is -1.03. The van der Waals surface area contributed by atoms with Gasteiger partial charge in [0.15, 0.2) is 0 Å². The van der Waals surface area contributed by atoms with Crippen molar-refractivity contribution in [3.05, 3.63) is 0 Å². The lowest BCUT2D eigenvalue weighted by molar-refractivity contribution is -0.150. The number of carboxylic acids is 1. The number of carbonyl (C=O) groups is 3. The summed E-state index contributed by atoms with van der Waals surface area (Å²) in [6, 6.07) is 0. The summed E-state index contributed by atoms with van der Waals surface area (Å²) in [6.07, 6.45) is 39.8. The molecule has 0 saturated heterocycles. The Morgan fingerprint density at radius 1 is 0.478 bits per heavy atom. The van der Waals surface area contributed by atoms with Crippen LogP contribution in [0.5, 0.6) is 0 Å². The Hall–Kier alpha value is -1.59. The summed E-state index contributed by atoms with van der Waals surface area (Å²) in [5, 5.41) is 11.0. The van der Waals surface area contributed by atoms with Gasteiger partial charge in [0.1, 0.15) is 12.6 Å². The van der Waals surface area contributed by atoms with Crippen LogP contribution in [0.15, 0.2) is 0 Å². The summed E-state index contributed by atoms with van der Waals surface area (Å²) >= 11 is 0. The maximum atomic E-state index is 12.5. The van der Waals surface area contributed by atoms with Crippen LogP contribution in [0.4, 0.5) is 0 Å². The van der Waals surface area contributed by atoms with Gasteiger partial charge < -0.3 is 15.2 Å². The topological polar surface area (TPSA) is 92.7 Å². The van der Waals surface area contributed by atoms with Crippen LogP contribution in [0.25, 0.3) is 0 Å². The largest absolute Gasteiger partial charge is 0.480 e. The Labute approximate surface area is 285 Å². The van der Waals surface area contributed by atoms with Gasteiger partial charge >= 0.3 is 11.9 Å². The van der Waals surface area contributed by atoms with E-state index in [0.29, 0.717) is 12.8 Å². The highest BCUT2D eigenvalue weighted by atomic mass is 16.5. The fourth-order valence-corrected chi connectivity index (χ4v) is 6.28. The Morgan fingerprint density at radius 3 is 1.20 bits per heavy atom. The van der Waals surface area contributed by atoms with Crippen LogP contribution in [0.3, 0.4) is 0 Å². The number of hydrogen-bond donors (Lipinski definition) is 2. The van der Waals surface area contributed by atoms with Crippen LogP contribution in [-0.2, 0) is 19.1 Å². The van der Waals surface area contributed by atoms with Gasteiger partial charge in [-0.15, -0.1) is 0 Å². The lowest BCUT2D eigenvalue weighted by Gasteiger charge is -2.18. The predicted molar refractivity (Wildman–Crippen MR) is 194 cm³/mol. The van der Waals surface area contributed by atoms with Crippen molar-refractivity contribution >= 4 is 17.8 Å². The average molecular weight is 652 g/mol. The number of unbranched alkanes of at least 4 members (excludes halogenated alkanes) is 26. The lowest BCUT2D eigenvalue weighted by atomic mass is 10.0. The molecule has 2 N–H and O–H groups in total. The van der Waals surface area contributed by atoms with Crippen molar-refractivity contribution in [2.24, 2.45) is 0 Å². The van der Waals surface area contributed by atoms with Crippen molar-refractivity contribution in [3.8, 4) is 0 Å². The molecule has 0 aliphatic heterocycles. The molecule has 0 aliphatic carbocycles. The van der Waals surface area contributed by atoms with Crippen molar-refractivity contribution in [2.75, 3.05) is 6.54 Å². The summed E-state index contributed by atoms with van der Waals surface area (Å²) in [5.41, 5.74) is 0. The molecule has 0 radical (unpaired) electrons. The van der Waals surface area contributed by atoms with E-state index in [0.717, 1.165) is 51.4 Å². The number of nitrogens with one attached hydrogen (secondary N) is 1. The second-order valence-electron chi connectivity index (χ2n) is 13.9. The molecule has 0 rings (SSSR count). The van der Waals surface area contributed by atoms with E-state index in [-0.39, 0.29) is 24.5 Å². The highest BCUT2D eigenvalue weighted by Crippen LogP contribution is 2.18. The summed E-state index contributed by atoms with van der Waals surface area (Å²) in [5.74, 6) is -1.30. The number of aliphatic carboxylic acids is 1. The Balaban J connectivity index is 3.67. The molecule has 0 aromatic carbocycles. The van der Waals surface area contributed by atoms with Gasteiger partial charge in [-0.3, -0.25) is 14.4 Å². The number of carbonyl (C=O) groups excluding carboxylic acids is 2. The molecule has 0 aliphatic rings. The fourth-order valence-electron chi connectivity index (χ4n) is 6.28. The summed E-state index contributed by atoms with van der Waals surface area (Å²) < 4.78 is 5.89. The standard InChI is InChI=1S/C40H77NO5/c1-3-5-7-9-10-11-12-13-14-15-16-17-18-19-20-21-22-23-24-25-26-31-35-40(45)46-37(32-28-8-6-4-2)33-29-27-30-34-38(42)41-36-39(43)44/h37H,3-36H2,1-2H3,(H,41,42)(H,43,44). The second-order valence-corrected chi connectivity index (χ2v) is 13.9. The van der Waals surface area contributed by atoms with Crippen LogP contribution in [0.1, 0.15) is 226 Å². The maximum absolute atomic E-state index is 12.5. The van der Waals surface area contributed by atoms with Crippen molar-refractivity contribution in [1.29, 1.82) is 0 Å². The predicted octanol–water partition coefficient (Wildman–Crippen LogP) is 12.0. The van der Waals surface area contributed by atoms with E-state index >= 15 is 0 Å². The molecule has 1 atom stereocenters. The molecule has 46 heavy (non-hydrogen) atoms. The summed E-state index contributed by atoms with van der Waals surface area (Å²) in [7, 11) is 0. The van der Waals surface area contributed by atoms with Crippen LogP contribution >= 0.6 is 0 Å². The van der Waals surface area contributed by atoms with E-state index in [1.54, 1.807) is 0 Å². The molecule has 0 bridgehead atoms. The van der Waals surface area contributed by atoms with Gasteiger partial charge in [-0.05, 0) is 38.5 Å². The summed E-state index contributed by atoms with van der Waals surface area (Å²) in [6.45, 7) is 4.16. The molecule has 272 valence electrons. The Morgan fingerprint density at radius 2 is 0.804 bits per heavy atom. The molecule has 0 spiro atoms. The number of carboxylic acid groups (broad SMARTS) is 1. The van der Waals surface area contributed by atoms with E-state index in [1.807, 2.05) is 0 Å². The first-order valence-corrected chi connectivity index (χ1v) is 20.2. The summed E-state index contributed by atoms with van der Waals surface area (Å²) in [4.78, 5) is 34.8. The lowest BCUT2D eigenvalue weighted by Crippen LogP contribution is -2.28.